The third kappa shape index (κ3) is 2.27. The summed E-state index contributed by atoms with van der Waals surface area (Å²) >= 11 is -1.28. The Labute approximate surface area is 156 Å². The van der Waals surface area contributed by atoms with E-state index in [9.17, 15) is 14.0 Å². The number of allylic oxidation sites excluding steroid dienone is 2. The zero-order valence-electron chi connectivity index (χ0n) is 13.2. The number of amides is 2. The van der Waals surface area contributed by atoms with Crippen molar-refractivity contribution in [2.75, 3.05) is 0 Å². The van der Waals surface area contributed by atoms with Gasteiger partial charge in [0.05, 0.1) is 0 Å². The molecule has 2 atom stereocenters. The zero-order chi connectivity index (χ0) is 17.1. The molecule has 0 radical (unpaired) electrons. The fourth-order valence-electron chi connectivity index (χ4n) is 4.40. The van der Waals surface area contributed by atoms with E-state index in [0.29, 0.717) is 6.42 Å². The maximum atomic E-state index is 14.1. The molecule has 1 saturated heterocycles. The van der Waals surface area contributed by atoms with Gasteiger partial charge < -0.3 is 0 Å². The summed E-state index contributed by atoms with van der Waals surface area (Å²) in [5.41, 5.74) is 3.19. The average molecular weight is 453 g/mol. The number of hydrogen-bond donors (Lipinski definition) is 1. The van der Waals surface area contributed by atoms with Crippen molar-refractivity contribution in [1.29, 1.82) is 0 Å². The molecule has 122 valence electrons. The number of hydrogen-bond acceptors (Lipinski definition) is 3. The molecule has 25 heavy (non-hydrogen) atoms. The zero-order valence-corrected chi connectivity index (χ0v) is 17.3. The topological polar surface area (TPSA) is 46.2 Å². The van der Waals surface area contributed by atoms with Crippen LogP contribution in [-0.2, 0) is 11.2 Å². The minimum atomic E-state index is -2.41. The fourth-order valence-corrected chi connectivity index (χ4v) is 18.9. The second kappa shape index (κ2) is 5.74. The Morgan fingerprint density at radius 1 is 1.08 bits per heavy atom. The molecular formula is C19H13FInNO2S. The molecule has 1 N–H and O–H groups in total. The van der Waals surface area contributed by atoms with E-state index in [1.807, 2.05) is 24.3 Å². The van der Waals surface area contributed by atoms with Crippen molar-refractivity contribution in [3.8, 4) is 0 Å². The number of rotatable bonds is 3. The second-order valence-electron chi connectivity index (χ2n) is 6.61. The van der Waals surface area contributed by atoms with Crippen LogP contribution in [0.15, 0.2) is 51.9 Å². The molecule has 2 aromatic carbocycles. The van der Waals surface area contributed by atoms with Crippen molar-refractivity contribution in [2.45, 2.75) is 15.3 Å². The summed E-state index contributed by atoms with van der Waals surface area (Å²) in [5, 5.41) is 1.89. The molecule has 2 unspecified atom stereocenters. The first-order chi connectivity index (χ1) is 12.1. The van der Waals surface area contributed by atoms with E-state index in [2.05, 4.69) is 17.4 Å². The van der Waals surface area contributed by atoms with Gasteiger partial charge in [0.15, 0.2) is 0 Å². The van der Waals surface area contributed by atoms with Crippen LogP contribution in [0.3, 0.4) is 0 Å². The second-order valence-corrected chi connectivity index (χ2v) is 16.3. The fraction of sp³-hybridized carbons (Fsp3) is 0.158. The van der Waals surface area contributed by atoms with Gasteiger partial charge in [-0.05, 0) is 0 Å². The van der Waals surface area contributed by atoms with Crippen LogP contribution in [0, 0.1) is 5.82 Å². The summed E-state index contributed by atoms with van der Waals surface area (Å²) in [6.07, 6.45) is 0.640. The summed E-state index contributed by atoms with van der Waals surface area (Å²) in [6.45, 7) is 0. The third-order valence-corrected chi connectivity index (χ3v) is 18.3. The van der Waals surface area contributed by atoms with Crippen LogP contribution in [0.5, 0.6) is 0 Å². The molecule has 4 aliphatic rings. The molecule has 4 heterocycles. The molecule has 4 aliphatic heterocycles. The third-order valence-electron chi connectivity index (χ3n) is 5.38. The minimum absolute atomic E-state index is 0.156. The summed E-state index contributed by atoms with van der Waals surface area (Å²) in [6, 6.07) is 15.3. The first-order valence-electron chi connectivity index (χ1n) is 8.22. The average Bonchev–Trinajstić information content (AvgIpc) is 3.21. The van der Waals surface area contributed by atoms with E-state index < -0.39 is 21.4 Å². The van der Waals surface area contributed by atoms with E-state index in [4.69, 9.17) is 0 Å². The van der Waals surface area contributed by atoms with Gasteiger partial charge >= 0.3 is 157 Å². The quantitative estimate of drug-likeness (QED) is 0.778. The van der Waals surface area contributed by atoms with Gasteiger partial charge in [-0.2, -0.15) is 0 Å². The number of carbonyl (C=O) groups is 2. The summed E-state index contributed by atoms with van der Waals surface area (Å²) < 4.78 is 17.1. The van der Waals surface area contributed by atoms with E-state index in [0.717, 1.165) is 17.3 Å². The van der Waals surface area contributed by atoms with Gasteiger partial charge in [0.1, 0.15) is 0 Å². The van der Waals surface area contributed by atoms with Crippen molar-refractivity contribution >= 4 is 53.2 Å². The summed E-state index contributed by atoms with van der Waals surface area (Å²) in [7, 11) is 0. The Bertz CT molecular complexity index is 973. The molecule has 2 amide bonds. The Balaban J connectivity index is 1.56. The van der Waals surface area contributed by atoms with Crippen molar-refractivity contribution in [2.24, 2.45) is 0 Å². The molecule has 0 saturated carbocycles. The van der Waals surface area contributed by atoms with E-state index in [1.165, 1.54) is 23.9 Å². The number of benzene rings is 2. The van der Waals surface area contributed by atoms with Crippen LogP contribution in [0.25, 0.3) is 5.57 Å². The van der Waals surface area contributed by atoms with Crippen molar-refractivity contribution in [1.82, 2.24) is 5.32 Å². The van der Waals surface area contributed by atoms with Gasteiger partial charge in [-0.25, -0.2) is 0 Å². The number of imide groups is 1. The van der Waals surface area contributed by atoms with Gasteiger partial charge in [0, 0.05) is 0 Å². The Kier molecular flexibility index (Phi) is 3.61. The van der Waals surface area contributed by atoms with Crippen LogP contribution in [-0.4, -0.2) is 37.8 Å². The monoisotopic (exact) mass is 453 g/mol. The maximum absolute atomic E-state index is 14.1. The van der Waals surface area contributed by atoms with Gasteiger partial charge in [0.25, 0.3) is 0 Å². The van der Waals surface area contributed by atoms with Crippen molar-refractivity contribution < 1.29 is 14.0 Å². The van der Waals surface area contributed by atoms with Crippen molar-refractivity contribution in [3.63, 3.8) is 0 Å². The predicted octanol–water partition coefficient (Wildman–Crippen LogP) is 2.81. The van der Waals surface area contributed by atoms with Crippen LogP contribution < -0.4 is 8.64 Å². The van der Waals surface area contributed by atoms with Crippen LogP contribution in [0.2, 0.25) is 3.67 Å². The standard InChI is InChI=1S/C19H13FNO2S.In/c20-16-9-5-4-8-14(16)10-11-15(13-6-2-1-3-7-13)12-17-18(22)21-19(23)24-17;/h1-6,8-9,12,17H,10H2,(H,21,22,23);. The molecule has 2 aromatic rings. The number of halogens is 1. The molecular weight excluding hydrogens is 440 g/mol. The molecule has 6 rings (SSSR count). The molecule has 0 aromatic heterocycles. The Morgan fingerprint density at radius 2 is 1.84 bits per heavy atom. The Hall–Kier alpha value is -1.53. The molecule has 0 aliphatic carbocycles. The number of nitrogens with one attached hydrogen (secondary N) is 1. The van der Waals surface area contributed by atoms with E-state index in [-0.39, 0.29) is 25.9 Å². The first-order valence-corrected chi connectivity index (χ1v) is 14.3. The number of thioether (sulfide) groups is 1. The van der Waals surface area contributed by atoms with Gasteiger partial charge in [-0.15, -0.1) is 0 Å². The number of carbonyl (C=O) groups excluding carboxylic acids is 2. The van der Waals surface area contributed by atoms with Crippen LogP contribution in [0.4, 0.5) is 9.18 Å². The van der Waals surface area contributed by atoms with Gasteiger partial charge in [-0.1, -0.05) is 0 Å². The van der Waals surface area contributed by atoms with E-state index in [1.54, 1.807) is 6.07 Å². The van der Waals surface area contributed by atoms with Crippen LogP contribution in [0.1, 0.15) is 11.1 Å². The molecule has 2 bridgehead atoms. The van der Waals surface area contributed by atoms with E-state index >= 15 is 0 Å². The van der Waals surface area contributed by atoms with Crippen LogP contribution >= 0.6 is 11.8 Å². The summed E-state index contributed by atoms with van der Waals surface area (Å²) in [5.74, 6) is -0.325. The predicted molar refractivity (Wildman–Crippen MR) is 97.5 cm³/mol. The van der Waals surface area contributed by atoms with Gasteiger partial charge in [0.2, 0.25) is 0 Å². The summed E-state index contributed by atoms with van der Waals surface area (Å²) in [4.78, 5) is 23.8. The molecule has 0 spiro atoms. The van der Waals surface area contributed by atoms with Crippen molar-refractivity contribution in [3.05, 3.63) is 68.8 Å². The van der Waals surface area contributed by atoms with Gasteiger partial charge in [-0.3, -0.25) is 0 Å². The SMILES string of the molecule is O=C1NC(=O)C([CH]2C3=[C](Cc4ccccc4F)[In]2[c]2ccccc23)S1. The first kappa shape index (κ1) is 15.7. The molecule has 3 nitrogen and oxygen atoms in total. The Morgan fingerprint density at radius 3 is 2.56 bits per heavy atom. The normalized spacial score (nSPS) is 23.6. The molecule has 1 fully saturated rings. The molecule has 6 heteroatoms.